The summed E-state index contributed by atoms with van der Waals surface area (Å²) >= 11 is 6.84. The molecule has 3 aromatic carbocycles. The number of thiocarbonyl (C=S) groups is 1. The summed E-state index contributed by atoms with van der Waals surface area (Å²) in [4.78, 5) is 37.9. The van der Waals surface area contributed by atoms with E-state index in [1.165, 1.54) is 18.1 Å². The number of morpholine rings is 1. The van der Waals surface area contributed by atoms with Gasteiger partial charge in [-0.2, -0.15) is 0 Å². The molecule has 0 bridgehead atoms. The minimum atomic E-state index is -0.978. The molecule has 3 heterocycles. The van der Waals surface area contributed by atoms with Crippen LogP contribution in [0.1, 0.15) is 21.5 Å². The first-order chi connectivity index (χ1) is 23.4. The Balaban J connectivity index is 1.25. The summed E-state index contributed by atoms with van der Waals surface area (Å²) in [6, 6.07) is 18.4. The number of anilines is 1. The Morgan fingerprint density at radius 1 is 1.06 bits per heavy atom. The van der Waals surface area contributed by atoms with Crippen LogP contribution in [0.4, 0.5) is 5.82 Å². The number of benzene rings is 3. The highest BCUT2D eigenvalue weighted by molar-refractivity contribution is 8.26. The van der Waals surface area contributed by atoms with Crippen LogP contribution >= 0.6 is 24.0 Å². The molecule has 0 radical (unpaired) electrons. The number of nitrogens with one attached hydrogen (secondary N) is 1. The first-order valence-electron chi connectivity index (χ1n) is 15.6. The third-order valence-corrected chi connectivity index (χ3v) is 9.50. The summed E-state index contributed by atoms with van der Waals surface area (Å²) in [7, 11) is 0. The van der Waals surface area contributed by atoms with Crippen LogP contribution in [0.3, 0.4) is 0 Å². The molecule has 2 fully saturated rings. The molecule has 2 aliphatic heterocycles. The maximum Gasteiger partial charge on any atom is 0.335 e. The number of carbonyl (C=O) groups is 2. The predicted octanol–water partition coefficient (Wildman–Crippen LogP) is 4.55. The van der Waals surface area contributed by atoms with Gasteiger partial charge in [-0.15, -0.1) is 0 Å². The van der Waals surface area contributed by atoms with E-state index in [1.807, 2.05) is 42.5 Å². The van der Waals surface area contributed by atoms with Gasteiger partial charge in [-0.25, -0.2) is 14.8 Å². The van der Waals surface area contributed by atoms with E-state index in [1.54, 1.807) is 29.2 Å². The second-order valence-corrected chi connectivity index (χ2v) is 12.9. The van der Waals surface area contributed by atoms with E-state index < -0.39 is 5.97 Å². The standard InChI is InChI=1S/C35H35N5O6S2/c41-15-10-36-32-28-21-26(6-7-29(28)37-22-38-32)27-19-24(3-8-30(27)46-18-14-39-12-16-45-17-13-39)20-31-33(42)40(35(47)48-31)11-9-23-1-4-25(5-2-23)34(43)44/h1-8,19-22,41H,9-18H2,(H,43,44)(H,36,37,38). The van der Waals surface area contributed by atoms with Gasteiger partial charge in [0.15, 0.2) is 0 Å². The molecular weight excluding hydrogens is 651 g/mol. The van der Waals surface area contributed by atoms with Gasteiger partial charge in [0.05, 0.1) is 35.8 Å². The van der Waals surface area contributed by atoms with Gasteiger partial charge in [-0.3, -0.25) is 14.6 Å². The van der Waals surface area contributed by atoms with Crippen molar-refractivity contribution in [2.45, 2.75) is 6.42 Å². The molecule has 2 aliphatic rings. The summed E-state index contributed by atoms with van der Waals surface area (Å²) in [5.74, 6) is 0.196. The average Bonchev–Trinajstić information content (AvgIpc) is 3.37. The SMILES string of the molecule is O=C(O)c1ccc(CCN2C(=O)C(=Cc3ccc(OCCN4CCOCC4)c(-c4ccc5ncnc(NCCO)c5c4)c3)SC2=S)cc1. The van der Waals surface area contributed by atoms with Crippen molar-refractivity contribution in [3.05, 3.63) is 88.6 Å². The molecule has 0 unspecified atom stereocenters. The molecule has 248 valence electrons. The zero-order valence-electron chi connectivity index (χ0n) is 26.1. The van der Waals surface area contributed by atoms with E-state index in [0.717, 1.165) is 66.0 Å². The molecule has 11 nitrogen and oxygen atoms in total. The molecular formula is C35H35N5O6S2. The molecule has 48 heavy (non-hydrogen) atoms. The number of carboxylic acid groups (broad SMARTS) is 1. The topological polar surface area (TPSA) is 137 Å². The van der Waals surface area contributed by atoms with E-state index in [9.17, 15) is 14.7 Å². The van der Waals surface area contributed by atoms with Gasteiger partial charge < -0.3 is 25.0 Å². The number of fused-ring (bicyclic) bond motifs is 1. The number of aromatic carboxylic acids is 1. The molecule has 0 saturated carbocycles. The number of aliphatic hydroxyl groups is 1. The lowest BCUT2D eigenvalue weighted by molar-refractivity contribution is -0.122. The third kappa shape index (κ3) is 8.00. The van der Waals surface area contributed by atoms with Crippen LogP contribution in [0, 0.1) is 0 Å². The molecule has 4 aromatic rings. The highest BCUT2D eigenvalue weighted by Gasteiger charge is 2.31. The predicted molar refractivity (Wildman–Crippen MR) is 190 cm³/mol. The van der Waals surface area contributed by atoms with E-state index in [4.69, 9.17) is 26.8 Å². The first-order valence-corrected chi connectivity index (χ1v) is 16.9. The molecule has 3 N–H and O–H groups in total. The van der Waals surface area contributed by atoms with Crippen LogP contribution in [0.2, 0.25) is 0 Å². The van der Waals surface area contributed by atoms with Gasteiger partial charge in [-0.05, 0) is 65.6 Å². The molecule has 0 aliphatic carbocycles. The number of carbonyl (C=O) groups excluding carboxylic acids is 1. The fraction of sp³-hybridized carbons (Fsp3) is 0.286. The summed E-state index contributed by atoms with van der Waals surface area (Å²) in [5, 5.41) is 22.5. The largest absolute Gasteiger partial charge is 0.492 e. The number of hydrogen-bond acceptors (Lipinski definition) is 11. The van der Waals surface area contributed by atoms with Crippen LogP contribution in [0.15, 0.2) is 71.9 Å². The molecule has 0 spiro atoms. The fourth-order valence-corrected chi connectivity index (χ4v) is 6.85. The maximum absolute atomic E-state index is 13.5. The third-order valence-electron chi connectivity index (χ3n) is 8.12. The quantitative estimate of drug-likeness (QED) is 0.135. The van der Waals surface area contributed by atoms with Gasteiger partial charge in [0, 0.05) is 43.7 Å². The number of carboxylic acids is 1. The van der Waals surface area contributed by atoms with Crippen molar-refractivity contribution in [3.8, 4) is 16.9 Å². The lowest BCUT2D eigenvalue weighted by atomic mass is 9.99. The van der Waals surface area contributed by atoms with Crippen molar-refractivity contribution in [3.63, 3.8) is 0 Å². The number of ether oxygens (including phenoxy) is 2. The van der Waals surface area contributed by atoms with Gasteiger partial charge in [0.2, 0.25) is 0 Å². The molecule has 1 amide bonds. The average molecular weight is 686 g/mol. The van der Waals surface area contributed by atoms with Crippen molar-refractivity contribution in [2.75, 3.05) is 64.5 Å². The Hall–Kier alpha value is -4.40. The van der Waals surface area contributed by atoms with Crippen LogP contribution in [0.25, 0.3) is 28.1 Å². The van der Waals surface area contributed by atoms with Gasteiger partial charge in [-0.1, -0.05) is 48.2 Å². The number of hydrogen-bond donors (Lipinski definition) is 3. The molecule has 6 rings (SSSR count). The maximum atomic E-state index is 13.5. The highest BCUT2D eigenvalue weighted by atomic mass is 32.2. The van der Waals surface area contributed by atoms with Crippen LogP contribution < -0.4 is 10.1 Å². The van der Waals surface area contributed by atoms with Crippen molar-refractivity contribution in [2.24, 2.45) is 0 Å². The summed E-state index contributed by atoms with van der Waals surface area (Å²) in [6.45, 7) is 5.19. The fourth-order valence-electron chi connectivity index (χ4n) is 5.54. The molecule has 13 heteroatoms. The minimum Gasteiger partial charge on any atom is -0.492 e. The Morgan fingerprint density at radius 2 is 1.88 bits per heavy atom. The second kappa shape index (κ2) is 15.7. The lowest BCUT2D eigenvalue weighted by Crippen LogP contribution is -2.38. The monoisotopic (exact) mass is 685 g/mol. The van der Waals surface area contributed by atoms with Crippen LogP contribution in [-0.4, -0.2) is 105 Å². The Labute approximate surface area is 287 Å². The molecule has 1 aromatic heterocycles. The number of aromatic nitrogens is 2. The van der Waals surface area contributed by atoms with Gasteiger partial charge >= 0.3 is 5.97 Å². The van der Waals surface area contributed by atoms with Crippen molar-refractivity contribution >= 4 is 63.0 Å². The highest BCUT2D eigenvalue weighted by Crippen LogP contribution is 2.37. The zero-order chi connectivity index (χ0) is 33.5. The van der Waals surface area contributed by atoms with E-state index >= 15 is 0 Å². The smallest absolute Gasteiger partial charge is 0.335 e. The summed E-state index contributed by atoms with van der Waals surface area (Å²) in [6.07, 6.45) is 3.88. The minimum absolute atomic E-state index is 0.0273. The first kappa shape index (κ1) is 33.5. The van der Waals surface area contributed by atoms with Gasteiger partial charge in [0.25, 0.3) is 5.91 Å². The number of aliphatic hydroxyl groups excluding tert-OH is 1. The molecule has 0 atom stereocenters. The van der Waals surface area contributed by atoms with Crippen molar-refractivity contribution in [1.82, 2.24) is 19.8 Å². The van der Waals surface area contributed by atoms with Crippen LogP contribution in [-0.2, 0) is 16.0 Å². The van der Waals surface area contributed by atoms with Crippen molar-refractivity contribution < 1.29 is 29.3 Å². The Kier molecular flexibility index (Phi) is 10.9. The van der Waals surface area contributed by atoms with E-state index in [-0.39, 0.29) is 18.1 Å². The normalized spacial score (nSPS) is 16.2. The number of rotatable bonds is 13. The van der Waals surface area contributed by atoms with Gasteiger partial charge in [0.1, 0.15) is 28.8 Å². The van der Waals surface area contributed by atoms with E-state index in [0.29, 0.717) is 46.9 Å². The zero-order valence-corrected chi connectivity index (χ0v) is 27.8. The summed E-state index contributed by atoms with van der Waals surface area (Å²) in [5.41, 5.74) is 4.46. The summed E-state index contributed by atoms with van der Waals surface area (Å²) < 4.78 is 12.3. The number of thioether (sulfide) groups is 1. The Morgan fingerprint density at radius 3 is 2.65 bits per heavy atom. The number of nitrogens with zero attached hydrogens (tertiary/aromatic N) is 4. The second-order valence-electron chi connectivity index (χ2n) is 11.2. The van der Waals surface area contributed by atoms with Crippen molar-refractivity contribution in [1.29, 1.82) is 0 Å². The Bertz CT molecular complexity index is 1850. The lowest BCUT2D eigenvalue weighted by Gasteiger charge is -2.26. The number of amides is 1. The van der Waals surface area contributed by atoms with E-state index in [2.05, 4.69) is 20.2 Å². The molecule has 2 saturated heterocycles. The van der Waals surface area contributed by atoms with Crippen LogP contribution in [0.5, 0.6) is 5.75 Å².